The predicted molar refractivity (Wildman–Crippen MR) is 97.2 cm³/mol. The predicted octanol–water partition coefficient (Wildman–Crippen LogP) is 4.59. The minimum atomic E-state index is -0.0628. The minimum Gasteiger partial charge on any atom is -0.360 e. The molecule has 1 amide bonds. The van der Waals surface area contributed by atoms with Gasteiger partial charge in [0, 0.05) is 11.6 Å². The van der Waals surface area contributed by atoms with Crippen molar-refractivity contribution in [1.29, 1.82) is 0 Å². The number of nitrogens with zero attached hydrogens (tertiary/aromatic N) is 1. The van der Waals surface area contributed by atoms with Crippen LogP contribution in [0.4, 0.5) is 0 Å². The summed E-state index contributed by atoms with van der Waals surface area (Å²) >= 11 is 0. The molecule has 0 spiro atoms. The smallest absolute Gasteiger partial charge is 0.257 e. The topological polar surface area (TPSA) is 55.1 Å². The lowest BCUT2D eigenvalue weighted by Gasteiger charge is -2.39. The fourth-order valence-electron chi connectivity index (χ4n) is 5.09. The zero-order chi connectivity index (χ0) is 17.8. The summed E-state index contributed by atoms with van der Waals surface area (Å²) in [5, 5.41) is 7.46. The van der Waals surface area contributed by atoms with E-state index < -0.39 is 0 Å². The Morgan fingerprint density at radius 2 is 1.96 bits per heavy atom. The summed E-state index contributed by atoms with van der Waals surface area (Å²) in [4.78, 5) is 13.1. The fourth-order valence-corrected chi connectivity index (χ4v) is 5.09. The molecule has 0 unspecified atom stereocenters. The molecule has 4 heteroatoms. The second kappa shape index (κ2) is 5.45. The van der Waals surface area contributed by atoms with Gasteiger partial charge in [-0.25, -0.2) is 0 Å². The summed E-state index contributed by atoms with van der Waals surface area (Å²) in [7, 11) is 0. The lowest BCUT2D eigenvalue weighted by molar-refractivity contribution is 0.0825. The second-order valence-electron chi connectivity index (χ2n) is 8.46. The highest BCUT2D eigenvalue weighted by molar-refractivity contribution is 6.01. The molecule has 1 aromatic carbocycles. The molecule has 132 valence electrons. The van der Waals surface area contributed by atoms with Crippen molar-refractivity contribution in [3.05, 3.63) is 41.7 Å². The number of rotatable bonds is 3. The Morgan fingerprint density at radius 3 is 2.56 bits per heavy atom. The third-order valence-electron chi connectivity index (χ3n) is 7.24. The maximum atomic E-state index is 13.1. The highest BCUT2D eigenvalue weighted by Gasteiger charge is 2.61. The summed E-state index contributed by atoms with van der Waals surface area (Å²) in [6.45, 7) is 8.86. The molecule has 2 bridgehead atoms. The van der Waals surface area contributed by atoms with Gasteiger partial charge in [0.25, 0.3) is 5.91 Å². The van der Waals surface area contributed by atoms with Crippen molar-refractivity contribution >= 4 is 5.91 Å². The molecule has 0 aliphatic heterocycles. The van der Waals surface area contributed by atoms with Gasteiger partial charge in [-0.15, -0.1) is 0 Å². The molecule has 25 heavy (non-hydrogen) atoms. The fraction of sp³-hybridized carbons (Fsp3) is 0.524. The molecule has 3 atom stereocenters. The molecule has 1 aromatic heterocycles. The lowest BCUT2D eigenvalue weighted by Crippen LogP contribution is -2.47. The largest absolute Gasteiger partial charge is 0.360 e. The molecule has 4 nitrogen and oxygen atoms in total. The highest BCUT2D eigenvalue weighted by atomic mass is 16.5. The number of hydrogen-bond donors (Lipinski definition) is 1. The maximum absolute atomic E-state index is 13.1. The van der Waals surface area contributed by atoms with Gasteiger partial charge in [0.15, 0.2) is 0 Å². The van der Waals surface area contributed by atoms with Gasteiger partial charge in [0.2, 0.25) is 0 Å². The zero-order valence-corrected chi connectivity index (χ0v) is 15.4. The Bertz CT molecular complexity index is 809. The maximum Gasteiger partial charge on any atom is 0.257 e. The Balaban J connectivity index is 1.63. The van der Waals surface area contributed by atoms with Crippen molar-refractivity contribution in [2.75, 3.05) is 0 Å². The summed E-state index contributed by atoms with van der Waals surface area (Å²) < 4.78 is 5.35. The zero-order valence-electron chi connectivity index (χ0n) is 15.4. The third kappa shape index (κ3) is 2.26. The van der Waals surface area contributed by atoms with Crippen LogP contribution in [0.3, 0.4) is 0 Å². The van der Waals surface area contributed by atoms with Crippen molar-refractivity contribution < 1.29 is 9.32 Å². The molecule has 2 saturated carbocycles. The number of aryl methyl sites for hydroxylation is 1. The van der Waals surface area contributed by atoms with Gasteiger partial charge in [-0.2, -0.15) is 0 Å². The van der Waals surface area contributed by atoms with Crippen LogP contribution in [0.2, 0.25) is 0 Å². The van der Waals surface area contributed by atoms with Gasteiger partial charge in [-0.1, -0.05) is 56.3 Å². The first-order chi connectivity index (χ1) is 11.8. The highest BCUT2D eigenvalue weighted by Crippen LogP contribution is 2.65. The minimum absolute atomic E-state index is 0.0628. The van der Waals surface area contributed by atoms with Crippen LogP contribution in [-0.4, -0.2) is 17.1 Å². The van der Waals surface area contributed by atoms with E-state index in [1.165, 1.54) is 12.8 Å². The molecule has 2 aliphatic carbocycles. The van der Waals surface area contributed by atoms with E-state index in [9.17, 15) is 4.79 Å². The number of amides is 1. The first-order valence-electron chi connectivity index (χ1n) is 9.17. The van der Waals surface area contributed by atoms with Gasteiger partial charge in [-0.3, -0.25) is 4.79 Å². The van der Waals surface area contributed by atoms with E-state index in [-0.39, 0.29) is 22.8 Å². The number of aromatic nitrogens is 1. The molecular formula is C21H26N2O2. The van der Waals surface area contributed by atoms with Crippen LogP contribution in [-0.2, 0) is 0 Å². The van der Waals surface area contributed by atoms with Crippen LogP contribution in [0.5, 0.6) is 0 Å². The standard InChI is InChI=1S/C21H26N2O2/c1-13-17(18(23-25-13)14-8-6-5-7-9-14)19(24)22-16-12-15-10-11-21(16,4)20(15,2)3/h5-9,15-16H,10-12H2,1-4H3,(H,22,24)/t15-,16-,21+/m1/s1. The first kappa shape index (κ1) is 16.4. The number of carbonyl (C=O) groups is 1. The van der Waals surface area contributed by atoms with Crippen molar-refractivity contribution in [3.63, 3.8) is 0 Å². The van der Waals surface area contributed by atoms with E-state index in [0.29, 0.717) is 22.9 Å². The van der Waals surface area contributed by atoms with Gasteiger partial charge in [0.05, 0.1) is 0 Å². The van der Waals surface area contributed by atoms with Gasteiger partial charge < -0.3 is 9.84 Å². The molecular weight excluding hydrogens is 312 g/mol. The van der Waals surface area contributed by atoms with E-state index in [0.717, 1.165) is 12.0 Å². The van der Waals surface area contributed by atoms with Crippen LogP contribution in [0.25, 0.3) is 11.3 Å². The summed E-state index contributed by atoms with van der Waals surface area (Å²) in [5.74, 6) is 1.20. The number of fused-ring (bicyclic) bond motifs is 2. The van der Waals surface area contributed by atoms with Crippen molar-refractivity contribution in [2.24, 2.45) is 16.7 Å². The van der Waals surface area contributed by atoms with Crippen LogP contribution in [0.1, 0.15) is 56.2 Å². The van der Waals surface area contributed by atoms with E-state index in [1.54, 1.807) is 6.92 Å². The first-order valence-corrected chi connectivity index (χ1v) is 9.17. The van der Waals surface area contributed by atoms with E-state index in [4.69, 9.17) is 4.52 Å². The van der Waals surface area contributed by atoms with Gasteiger partial charge >= 0.3 is 0 Å². The summed E-state index contributed by atoms with van der Waals surface area (Å²) in [6.07, 6.45) is 3.53. The molecule has 1 heterocycles. The van der Waals surface area contributed by atoms with Crippen LogP contribution in [0, 0.1) is 23.7 Å². The Hall–Kier alpha value is -2.10. The van der Waals surface area contributed by atoms with E-state index in [1.807, 2.05) is 30.3 Å². The van der Waals surface area contributed by atoms with Gasteiger partial charge in [0.1, 0.15) is 17.0 Å². The number of benzene rings is 1. The lowest BCUT2D eigenvalue weighted by atomic mass is 9.69. The van der Waals surface area contributed by atoms with E-state index in [2.05, 4.69) is 31.2 Å². The molecule has 1 N–H and O–H groups in total. The molecule has 4 rings (SSSR count). The molecule has 2 aromatic rings. The number of hydrogen-bond acceptors (Lipinski definition) is 3. The molecule has 2 aliphatic rings. The van der Waals surface area contributed by atoms with Crippen LogP contribution >= 0.6 is 0 Å². The van der Waals surface area contributed by atoms with Gasteiger partial charge in [-0.05, 0) is 42.9 Å². The monoisotopic (exact) mass is 338 g/mol. The average Bonchev–Trinajstić information content (AvgIpc) is 3.14. The SMILES string of the molecule is Cc1onc(-c2ccccc2)c1C(=O)N[C@@H]1C[C@H]2CC[C@]1(C)C2(C)C. The Morgan fingerprint density at radius 1 is 1.24 bits per heavy atom. The van der Waals surface area contributed by atoms with E-state index >= 15 is 0 Å². The Labute approximate surface area is 149 Å². The van der Waals surface area contributed by atoms with Crippen LogP contribution in [0.15, 0.2) is 34.9 Å². The number of carbonyl (C=O) groups excluding carboxylic acids is 1. The molecule has 0 saturated heterocycles. The third-order valence-corrected chi connectivity index (χ3v) is 7.24. The normalized spacial score (nSPS) is 29.8. The average molecular weight is 338 g/mol. The molecule has 0 radical (unpaired) electrons. The Kier molecular flexibility index (Phi) is 3.57. The quantitative estimate of drug-likeness (QED) is 0.890. The summed E-state index contributed by atoms with van der Waals surface area (Å²) in [6, 6.07) is 9.97. The molecule has 2 fully saturated rings. The van der Waals surface area contributed by atoms with Crippen molar-refractivity contribution in [2.45, 2.75) is 53.0 Å². The second-order valence-corrected chi connectivity index (χ2v) is 8.46. The van der Waals surface area contributed by atoms with Crippen molar-refractivity contribution in [1.82, 2.24) is 10.5 Å². The number of nitrogens with one attached hydrogen (secondary N) is 1. The van der Waals surface area contributed by atoms with Crippen LogP contribution < -0.4 is 5.32 Å². The van der Waals surface area contributed by atoms with Crippen molar-refractivity contribution in [3.8, 4) is 11.3 Å². The summed E-state index contributed by atoms with van der Waals surface area (Å²) in [5.41, 5.74) is 2.53.